The molecule has 6 aliphatic carbocycles. The number of carbonyl (C=O) groups is 1. The van der Waals surface area contributed by atoms with Crippen molar-refractivity contribution in [2.45, 2.75) is 250 Å². The van der Waals surface area contributed by atoms with Crippen molar-refractivity contribution >= 4 is 16.9 Å². The number of hydrogen-bond donors (Lipinski definition) is 0. The fraction of sp³-hybridized carbons (Fsp3) is 0.661. The van der Waals surface area contributed by atoms with E-state index in [1.807, 2.05) is 32.0 Å². The summed E-state index contributed by atoms with van der Waals surface area (Å²) in [6.07, 6.45) is 42.7. The van der Waals surface area contributed by atoms with E-state index in [1.165, 1.54) is 193 Å². The summed E-state index contributed by atoms with van der Waals surface area (Å²) in [5.74, 6) is 3.38. The summed E-state index contributed by atoms with van der Waals surface area (Å²) in [5.41, 5.74) is 10.9. The van der Waals surface area contributed by atoms with Crippen LogP contribution in [-0.4, -0.2) is 5.97 Å². The number of hydrogen-bond acceptors (Lipinski definition) is 2. The van der Waals surface area contributed by atoms with Gasteiger partial charge in [0.1, 0.15) is 10.9 Å². The van der Waals surface area contributed by atoms with Crippen molar-refractivity contribution in [3.8, 4) is 0 Å². The summed E-state index contributed by atoms with van der Waals surface area (Å²) in [7, 11) is -0.0940. The van der Waals surface area contributed by atoms with Gasteiger partial charge in [-0.3, -0.25) is 0 Å². The molecule has 0 spiro atoms. The second kappa shape index (κ2) is 21.5. The monoisotopic (exact) mass is 815 g/mol. The van der Waals surface area contributed by atoms with Gasteiger partial charge in [-0.2, -0.15) is 0 Å². The Morgan fingerprint density at radius 3 is 0.898 bits per heavy atom. The second-order valence-corrected chi connectivity index (χ2v) is 22.1. The lowest BCUT2D eigenvalue weighted by Crippen LogP contribution is -2.23. The highest BCUT2D eigenvalue weighted by Crippen LogP contribution is 2.54. The van der Waals surface area contributed by atoms with Crippen LogP contribution in [0.3, 0.4) is 0 Å². The van der Waals surface area contributed by atoms with Crippen LogP contribution in [0.2, 0.25) is 0 Å². The van der Waals surface area contributed by atoms with E-state index in [1.54, 1.807) is 16.0 Å². The number of rotatable bonds is 9. The largest absolute Gasteiger partial charge is 0.550 e. The van der Waals surface area contributed by atoms with Gasteiger partial charge in [-0.05, 0) is 143 Å². The molecule has 3 heteroatoms. The summed E-state index contributed by atoms with van der Waals surface area (Å²) in [4.78, 5) is 14.2. The zero-order valence-electron chi connectivity index (χ0n) is 37.1. The molecule has 6 fully saturated rings. The van der Waals surface area contributed by atoms with E-state index in [0.29, 0.717) is 0 Å². The van der Waals surface area contributed by atoms with Gasteiger partial charge in [0, 0.05) is 28.2 Å². The highest BCUT2D eigenvalue weighted by Gasteiger charge is 2.44. The van der Waals surface area contributed by atoms with Gasteiger partial charge in [-0.25, -0.2) is 0 Å². The lowest BCUT2D eigenvalue weighted by Gasteiger charge is -2.34. The first kappa shape index (κ1) is 43.1. The van der Waals surface area contributed by atoms with E-state index in [2.05, 4.69) is 54.6 Å². The lowest BCUT2D eigenvalue weighted by molar-refractivity contribution is -0.302. The van der Waals surface area contributed by atoms with E-state index < -0.39 is 5.97 Å². The Morgan fingerprint density at radius 2 is 0.644 bits per heavy atom. The van der Waals surface area contributed by atoms with E-state index in [9.17, 15) is 0 Å². The Kier molecular flexibility index (Phi) is 15.7. The summed E-state index contributed by atoms with van der Waals surface area (Å²) >= 11 is 0. The molecular formula is C56H78O2S. The Bertz CT molecular complexity index is 1570. The number of carbonyl (C=O) groups excluding carboxylic acids is 1. The van der Waals surface area contributed by atoms with Gasteiger partial charge in [0.2, 0.25) is 0 Å². The molecule has 6 aliphatic rings. The average Bonchev–Trinajstić information content (AvgIpc) is 3.31. The maximum atomic E-state index is 8.89. The molecule has 0 saturated heterocycles. The maximum Gasteiger partial charge on any atom is 0.173 e. The summed E-state index contributed by atoms with van der Waals surface area (Å²) in [5, 5.41) is 8.89. The number of carboxylic acid groups (broad SMARTS) is 1. The highest BCUT2D eigenvalue weighted by atomic mass is 32.2. The van der Waals surface area contributed by atoms with Crippen molar-refractivity contribution in [2.24, 2.45) is 0 Å². The van der Waals surface area contributed by atoms with Crippen molar-refractivity contribution in [3.05, 3.63) is 88.0 Å². The molecule has 59 heavy (non-hydrogen) atoms. The van der Waals surface area contributed by atoms with E-state index in [-0.39, 0.29) is 10.9 Å². The van der Waals surface area contributed by atoms with Crippen molar-refractivity contribution in [1.82, 2.24) is 0 Å². The fourth-order valence-corrected chi connectivity index (χ4v) is 15.9. The van der Waals surface area contributed by atoms with Crippen LogP contribution in [-0.2, 0) is 15.7 Å². The Balaban J connectivity index is 0.00000116. The highest BCUT2D eigenvalue weighted by molar-refractivity contribution is 7.97. The van der Waals surface area contributed by atoms with Crippen LogP contribution in [0.5, 0.6) is 0 Å². The van der Waals surface area contributed by atoms with Crippen LogP contribution in [0.4, 0.5) is 0 Å². The molecule has 0 unspecified atom stereocenters. The minimum absolute atomic E-state index is 0.0940. The molecule has 0 radical (unpaired) electrons. The molecule has 0 heterocycles. The molecule has 3 aromatic rings. The number of carboxylic acids is 1. The molecular weight excluding hydrogens is 737 g/mol. The first-order valence-corrected chi connectivity index (χ1v) is 26.6. The molecule has 0 bridgehead atoms. The number of aliphatic carboxylic acids is 1. The molecule has 0 aromatic heterocycles. The van der Waals surface area contributed by atoms with Crippen LogP contribution in [0.15, 0.2) is 69.3 Å². The van der Waals surface area contributed by atoms with E-state index in [0.717, 1.165) is 42.4 Å². The quantitative estimate of drug-likeness (QED) is 0.202. The van der Waals surface area contributed by atoms with Crippen LogP contribution in [0.25, 0.3) is 0 Å². The van der Waals surface area contributed by atoms with Gasteiger partial charge >= 0.3 is 0 Å². The predicted molar refractivity (Wildman–Crippen MR) is 247 cm³/mol. The van der Waals surface area contributed by atoms with Crippen molar-refractivity contribution in [3.63, 3.8) is 0 Å². The van der Waals surface area contributed by atoms with Crippen molar-refractivity contribution in [1.29, 1.82) is 0 Å². The molecule has 0 amide bonds. The van der Waals surface area contributed by atoms with Gasteiger partial charge in [-0.1, -0.05) is 158 Å². The van der Waals surface area contributed by atoms with Gasteiger partial charge < -0.3 is 9.90 Å². The van der Waals surface area contributed by atoms with Crippen LogP contribution in [0.1, 0.15) is 268 Å². The Labute approximate surface area is 362 Å². The normalized spacial score (nSPS) is 22.5. The molecule has 0 atom stereocenters. The zero-order chi connectivity index (χ0) is 40.4. The first-order chi connectivity index (χ1) is 29.0. The number of benzene rings is 3. The third kappa shape index (κ3) is 10.8. The maximum absolute atomic E-state index is 8.89. The van der Waals surface area contributed by atoms with E-state index >= 15 is 0 Å². The van der Waals surface area contributed by atoms with Crippen molar-refractivity contribution < 1.29 is 9.90 Å². The van der Waals surface area contributed by atoms with Crippen LogP contribution in [0, 0.1) is 0 Å². The molecule has 0 aliphatic heterocycles. The average molecular weight is 815 g/mol. The van der Waals surface area contributed by atoms with Gasteiger partial charge in [0.05, 0.1) is 0 Å². The fourth-order valence-electron chi connectivity index (χ4n) is 13.0. The second-order valence-electron chi connectivity index (χ2n) is 20.2. The van der Waals surface area contributed by atoms with Gasteiger partial charge in [0.25, 0.3) is 0 Å². The molecule has 6 saturated carbocycles. The minimum atomic E-state index is -1.08. The topological polar surface area (TPSA) is 40.1 Å². The Hall–Kier alpha value is -2.52. The molecule has 0 N–H and O–H groups in total. The summed E-state index contributed by atoms with van der Waals surface area (Å²) in [6.45, 7) is 0.972. The first-order valence-electron chi connectivity index (χ1n) is 25.4. The zero-order valence-corrected chi connectivity index (χ0v) is 37.9. The summed E-state index contributed by atoms with van der Waals surface area (Å²) < 4.78 is 0. The van der Waals surface area contributed by atoms with E-state index in [4.69, 9.17) is 9.90 Å². The van der Waals surface area contributed by atoms with Gasteiger partial charge in [-0.15, -0.1) is 0 Å². The standard InChI is InChI=1S/C54H75S.C2H4O2/c1-8-22-40(23-9-1)46-36-49(42-26-12-3-13-27-42)53(50(37-46)43-28-14-4-15-29-43)55(48-34-20-7-21-35-48)54-51(44-30-16-5-17-31-44)38-47(41-24-10-2-11-25-41)39-52(54)45-32-18-6-19-33-45;1-2(3)4/h7,20-21,34-45H,1-6,8-19,22-33H2;1H3,(H,3,4)/q+1;/p-1. The lowest BCUT2D eigenvalue weighted by atomic mass is 9.76. The molecule has 320 valence electrons. The SMILES string of the molecule is CC(=O)[O-].c1ccc([S+](c2c(C3CCCCC3)cc(C3CCCCC3)cc2C2CCCCC2)c2c(C3CCCCC3)cc(C3CCCCC3)cc2C2CCCCC2)cc1. The third-order valence-corrected chi connectivity index (χ3v) is 18.6. The summed E-state index contributed by atoms with van der Waals surface area (Å²) in [6, 6.07) is 23.9. The minimum Gasteiger partial charge on any atom is -0.550 e. The Morgan fingerprint density at radius 1 is 0.407 bits per heavy atom. The molecule has 3 aromatic carbocycles. The van der Waals surface area contributed by atoms with Gasteiger partial charge in [0.15, 0.2) is 14.7 Å². The van der Waals surface area contributed by atoms with Crippen LogP contribution >= 0.6 is 0 Å². The molecule has 9 rings (SSSR count). The molecule has 2 nitrogen and oxygen atoms in total. The van der Waals surface area contributed by atoms with Crippen LogP contribution < -0.4 is 5.11 Å². The smallest absolute Gasteiger partial charge is 0.173 e. The predicted octanol–water partition coefficient (Wildman–Crippen LogP) is 15.8. The third-order valence-electron chi connectivity index (χ3n) is 16.1. The van der Waals surface area contributed by atoms with Crippen molar-refractivity contribution in [2.75, 3.05) is 0 Å².